The van der Waals surface area contributed by atoms with E-state index in [0.29, 0.717) is 17.4 Å². The van der Waals surface area contributed by atoms with Crippen molar-refractivity contribution in [3.63, 3.8) is 0 Å². The Kier molecular flexibility index (Phi) is 2.97. The minimum atomic E-state index is -0.215. The highest BCUT2D eigenvalue weighted by molar-refractivity contribution is 7.99. The van der Waals surface area contributed by atoms with Crippen molar-refractivity contribution in [2.45, 2.75) is 30.6 Å². The molecule has 0 atom stereocenters. The normalized spacial score (nSPS) is 11.0. The molecule has 0 spiro atoms. The highest BCUT2D eigenvalue weighted by Crippen LogP contribution is 2.31. The highest BCUT2D eigenvalue weighted by atomic mass is 32.2. The molecule has 0 saturated heterocycles. The van der Waals surface area contributed by atoms with Crippen LogP contribution in [-0.4, -0.2) is 24.5 Å². The predicted octanol–water partition coefficient (Wildman–Crippen LogP) is 0.367. The number of H-pyrrole nitrogens is 1. The second kappa shape index (κ2) is 4.28. The molecule has 0 saturated carbocycles. The monoisotopic (exact) mass is 254 g/mol. The molecule has 0 fully saturated rings. The summed E-state index contributed by atoms with van der Waals surface area (Å²) in [6.07, 6.45) is 0. The second-order valence-electron chi connectivity index (χ2n) is 3.59. The van der Waals surface area contributed by atoms with Gasteiger partial charge in [-0.15, -0.1) is 5.10 Å². The van der Waals surface area contributed by atoms with Gasteiger partial charge in [-0.1, -0.05) is 0 Å². The van der Waals surface area contributed by atoms with E-state index in [1.165, 1.54) is 11.8 Å². The van der Waals surface area contributed by atoms with Crippen molar-refractivity contribution in [1.82, 2.24) is 24.5 Å². The fraction of sp³-hybridized carbons (Fsp3) is 0.444. The number of hydrogen-bond donors (Lipinski definition) is 2. The summed E-state index contributed by atoms with van der Waals surface area (Å²) in [7, 11) is 1.81. The average molecular weight is 254 g/mol. The van der Waals surface area contributed by atoms with Gasteiger partial charge in [0.25, 0.3) is 0 Å². The lowest BCUT2D eigenvalue weighted by Crippen LogP contribution is -2.16. The maximum absolute atomic E-state index is 11.4. The topological polar surface area (TPSA) is 94.5 Å². The first-order valence-electron chi connectivity index (χ1n) is 5.16. The Labute approximate surface area is 102 Å². The number of nitrogen functional groups attached to an aromatic ring is 1. The van der Waals surface area contributed by atoms with Crippen molar-refractivity contribution < 1.29 is 0 Å². The molecule has 0 aliphatic carbocycles. The molecule has 17 heavy (non-hydrogen) atoms. The van der Waals surface area contributed by atoms with Crippen molar-refractivity contribution >= 4 is 17.4 Å². The van der Waals surface area contributed by atoms with Crippen LogP contribution in [0, 0.1) is 6.92 Å². The summed E-state index contributed by atoms with van der Waals surface area (Å²) in [4.78, 5) is 11.4. The predicted molar refractivity (Wildman–Crippen MR) is 65.0 cm³/mol. The van der Waals surface area contributed by atoms with Gasteiger partial charge < -0.3 is 5.73 Å². The number of nitrogens with zero attached hydrogens (tertiary/aromatic N) is 4. The molecule has 0 unspecified atom stereocenters. The molecule has 0 radical (unpaired) electrons. The van der Waals surface area contributed by atoms with Crippen LogP contribution in [0.25, 0.3) is 0 Å². The molecule has 7 nitrogen and oxygen atoms in total. The van der Waals surface area contributed by atoms with E-state index in [-0.39, 0.29) is 5.69 Å². The summed E-state index contributed by atoms with van der Waals surface area (Å²) in [6.45, 7) is 4.30. The van der Waals surface area contributed by atoms with E-state index in [9.17, 15) is 4.79 Å². The van der Waals surface area contributed by atoms with Gasteiger partial charge >= 0.3 is 5.69 Å². The van der Waals surface area contributed by atoms with Crippen LogP contribution in [0.5, 0.6) is 0 Å². The second-order valence-corrected chi connectivity index (χ2v) is 4.54. The number of aromatic amines is 1. The average Bonchev–Trinajstić information content (AvgIpc) is 2.75. The molecule has 3 N–H and O–H groups in total. The number of rotatable bonds is 3. The Morgan fingerprint density at radius 3 is 2.76 bits per heavy atom. The van der Waals surface area contributed by atoms with Crippen molar-refractivity contribution in [2.75, 3.05) is 5.73 Å². The number of aromatic nitrogens is 5. The van der Waals surface area contributed by atoms with Crippen molar-refractivity contribution in [1.29, 1.82) is 0 Å². The van der Waals surface area contributed by atoms with Crippen LogP contribution < -0.4 is 11.4 Å². The molecule has 0 bridgehead atoms. The number of aryl methyl sites for hydroxylation is 2. The van der Waals surface area contributed by atoms with Crippen LogP contribution in [0.1, 0.15) is 12.6 Å². The number of nitrogens with two attached hydrogens (primary N) is 1. The first-order valence-corrected chi connectivity index (χ1v) is 5.98. The third kappa shape index (κ3) is 1.95. The Morgan fingerprint density at radius 2 is 2.24 bits per heavy atom. The molecule has 0 amide bonds. The summed E-state index contributed by atoms with van der Waals surface area (Å²) in [5.74, 6) is 0. The summed E-state index contributed by atoms with van der Waals surface area (Å²) in [5, 5.41) is 12.0. The van der Waals surface area contributed by atoms with E-state index in [0.717, 1.165) is 10.7 Å². The number of hydrogen-bond acceptors (Lipinski definition) is 5. The molecule has 8 heteroatoms. The van der Waals surface area contributed by atoms with Gasteiger partial charge in [0.1, 0.15) is 5.03 Å². The van der Waals surface area contributed by atoms with E-state index in [1.54, 1.807) is 9.25 Å². The van der Waals surface area contributed by atoms with Gasteiger partial charge in [0.2, 0.25) is 0 Å². The van der Waals surface area contributed by atoms with Gasteiger partial charge in [-0.05, 0) is 25.6 Å². The van der Waals surface area contributed by atoms with Crippen LogP contribution in [0.15, 0.2) is 15.0 Å². The van der Waals surface area contributed by atoms with E-state index in [2.05, 4.69) is 15.3 Å². The molecule has 2 rings (SSSR count). The van der Waals surface area contributed by atoms with Crippen LogP contribution in [-0.2, 0) is 13.6 Å². The number of anilines is 1. The van der Waals surface area contributed by atoms with Crippen molar-refractivity contribution in [3.8, 4) is 0 Å². The Balaban J connectivity index is 2.41. The Hall–Kier alpha value is -1.70. The van der Waals surface area contributed by atoms with Crippen LogP contribution in [0.2, 0.25) is 0 Å². The molecular weight excluding hydrogens is 240 g/mol. The molecule has 2 aromatic heterocycles. The quantitative estimate of drug-likeness (QED) is 0.825. The summed E-state index contributed by atoms with van der Waals surface area (Å²) >= 11 is 1.33. The zero-order valence-corrected chi connectivity index (χ0v) is 10.7. The smallest absolute Gasteiger partial charge is 0.343 e. The van der Waals surface area contributed by atoms with Crippen LogP contribution in [0.4, 0.5) is 5.69 Å². The van der Waals surface area contributed by atoms with Crippen molar-refractivity contribution in [3.05, 3.63) is 16.2 Å². The zero-order valence-electron chi connectivity index (χ0n) is 9.89. The Morgan fingerprint density at radius 1 is 1.53 bits per heavy atom. The van der Waals surface area contributed by atoms with Gasteiger partial charge in [0.15, 0.2) is 5.16 Å². The molecule has 0 aromatic carbocycles. The molecular formula is C9H14N6OS. The van der Waals surface area contributed by atoms with E-state index < -0.39 is 0 Å². The number of nitrogens with one attached hydrogen (secondary N) is 1. The van der Waals surface area contributed by atoms with Crippen LogP contribution >= 0.6 is 11.8 Å². The lowest BCUT2D eigenvalue weighted by atomic mass is 10.4. The highest BCUT2D eigenvalue weighted by Gasteiger charge is 2.15. The third-order valence-corrected chi connectivity index (χ3v) is 3.61. The third-order valence-electron chi connectivity index (χ3n) is 2.44. The minimum Gasteiger partial charge on any atom is -0.395 e. The van der Waals surface area contributed by atoms with E-state index in [1.807, 2.05) is 20.9 Å². The lowest BCUT2D eigenvalue weighted by molar-refractivity contribution is 0.653. The van der Waals surface area contributed by atoms with Gasteiger partial charge in [-0.3, -0.25) is 9.25 Å². The van der Waals surface area contributed by atoms with E-state index in [4.69, 9.17) is 5.73 Å². The zero-order chi connectivity index (χ0) is 12.6. The molecule has 92 valence electrons. The summed E-state index contributed by atoms with van der Waals surface area (Å²) < 4.78 is 3.24. The van der Waals surface area contributed by atoms with Crippen LogP contribution in [0.3, 0.4) is 0 Å². The molecule has 2 heterocycles. The van der Waals surface area contributed by atoms with Gasteiger partial charge in [-0.2, -0.15) is 5.10 Å². The van der Waals surface area contributed by atoms with Crippen molar-refractivity contribution in [2.24, 2.45) is 7.05 Å². The molecule has 2 aromatic rings. The van der Waals surface area contributed by atoms with Gasteiger partial charge in [-0.25, -0.2) is 9.89 Å². The fourth-order valence-electron chi connectivity index (χ4n) is 1.52. The van der Waals surface area contributed by atoms with Gasteiger partial charge in [0.05, 0.1) is 11.4 Å². The van der Waals surface area contributed by atoms with Gasteiger partial charge in [0, 0.05) is 13.6 Å². The first-order chi connectivity index (χ1) is 8.04. The lowest BCUT2D eigenvalue weighted by Gasteiger charge is -2.03. The fourth-order valence-corrected chi connectivity index (χ4v) is 2.54. The maximum Gasteiger partial charge on any atom is 0.343 e. The molecule has 0 aliphatic rings. The largest absolute Gasteiger partial charge is 0.395 e. The first kappa shape index (κ1) is 11.8. The summed E-state index contributed by atoms with van der Waals surface area (Å²) in [6, 6.07) is 0. The Bertz CT molecular complexity index is 595. The standard InChI is InChI=1S/C9H14N6OS/c1-4-15-8(16)11-12-9(15)17-7-6(10)5(2)13-14(7)3/h4,10H2,1-3H3,(H,11,16). The maximum atomic E-state index is 11.4. The summed E-state index contributed by atoms with van der Waals surface area (Å²) in [5.41, 5.74) is 7.10. The molecule has 0 aliphatic heterocycles. The SMILES string of the molecule is CCn1c(Sc2c(N)c(C)nn2C)n[nH]c1=O. The minimum absolute atomic E-state index is 0.215. The van der Waals surface area contributed by atoms with E-state index >= 15 is 0 Å².